The van der Waals surface area contributed by atoms with Gasteiger partial charge in [0.1, 0.15) is 5.75 Å². The molecule has 14 heavy (non-hydrogen) atoms. The molecule has 0 saturated heterocycles. The predicted octanol–water partition coefficient (Wildman–Crippen LogP) is 0.945. The van der Waals surface area contributed by atoms with Crippen LogP contribution < -0.4 is 15.4 Å². The van der Waals surface area contributed by atoms with E-state index in [1.165, 1.54) is 0 Å². The van der Waals surface area contributed by atoms with Crippen LogP contribution in [0.25, 0.3) is 0 Å². The van der Waals surface area contributed by atoms with Crippen LogP contribution in [0.2, 0.25) is 0 Å². The smallest absolute Gasteiger partial charge is 0.341 e. The van der Waals surface area contributed by atoms with Gasteiger partial charge >= 0.3 is 5.97 Å². The number of benzene rings is 1. The van der Waals surface area contributed by atoms with Crippen molar-refractivity contribution in [3.8, 4) is 5.75 Å². The number of fused-ring (bicyclic) bond motifs is 1. The summed E-state index contributed by atoms with van der Waals surface area (Å²) >= 11 is 0. The molecule has 1 heterocycles. The second-order valence-corrected chi connectivity index (χ2v) is 2.92. The summed E-state index contributed by atoms with van der Waals surface area (Å²) in [6, 6.07) is 5.37. The maximum Gasteiger partial charge on any atom is 0.341 e. The Morgan fingerprint density at radius 1 is 1.43 bits per heavy atom. The van der Waals surface area contributed by atoms with E-state index in [0.29, 0.717) is 12.4 Å². The van der Waals surface area contributed by atoms with E-state index >= 15 is 0 Å². The minimum atomic E-state index is -0.975. The van der Waals surface area contributed by atoms with Crippen LogP contribution in [0.15, 0.2) is 18.2 Å². The average Bonchev–Trinajstić information content (AvgIpc) is 2.61. The minimum Gasteiger partial charge on any atom is -0.482 e. The van der Waals surface area contributed by atoms with Gasteiger partial charge in [-0.25, -0.2) is 4.79 Å². The molecule has 0 spiro atoms. The average molecular weight is 194 g/mol. The molecule has 0 aliphatic carbocycles. The van der Waals surface area contributed by atoms with Crippen LogP contribution in [0.3, 0.4) is 0 Å². The van der Waals surface area contributed by atoms with Gasteiger partial charge in [-0.2, -0.15) is 0 Å². The van der Waals surface area contributed by atoms with Gasteiger partial charge < -0.3 is 20.5 Å². The first-order valence-electron chi connectivity index (χ1n) is 4.22. The second-order valence-electron chi connectivity index (χ2n) is 2.92. The summed E-state index contributed by atoms with van der Waals surface area (Å²) < 4.78 is 5.03. The number of nitrogens with one attached hydrogen (secondary N) is 2. The predicted molar refractivity (Wildman–Crippen MR) is 51.7 cm³/mol. The number of carboxylic acid groups (broad SMARTS) is 1. The molecule has 1 aliphatic heterocycles. The zero-order valence-electron chi connectivity index (χ0n) is 7.41. The first kappa shape index (κ1) is 8.68. The van der Waals surface area contributed by atoms with Gasteiger partial charge in [-0.1, -0.05) is 0 Å². The molecule has 2 rings (SSSR count). The number of ether oxygens (including phenoxy) is 1. The summed E-state index contributed by atoms with van der Waals surface area (Å²) in [6.45, 7) is 0.379. The Morgan fingerprint density at radius 2 is 2.21 bits per heavy atom. The van der Waals surface area contributed by atoms with Crippen LogP contribution in [0, 0.1) is 0 Å². The molecule has 0 saturated carbocycles. The lowest BCUT2D eigenvalue weighted by molar-refractivity contribution is -0.139. The highest BCUT2D eigenvalue weighted by Gasteiger charge is 2.09. The third-order valence-electron chi connectivity index (χ3n) is 1.91. The van der Waals surface area contributed by atoms with Crippen molar-refractivity contribution in [3.63, 3.8) is 0 Å². The number of anilines is 2. The third-order valence-corrected chi connectivity index (χ3v) is 1.91. The van der Waals surface area contributed by atoms with Crippen molar-refractivity contribution in [1.82, 2.24) is 0 Å². The highest BCUT2D eigenvalue weighted by molar-refractivity contribution is 5.75. The second kappa shape index (κ2) is 3.45. The van der Waals surface area contributed by atoms with Gasteiger partial charge in [0.25, 0.3) is 0 Å². The number of aliphatic carboxylic acids is 1. The van der Waals surface area contributed by atoms with Crippen LogP contribution >= 0.6 is 0 Å². The van der Waals surface area contributed by atoms with E-state index in [9.17, 15) is 4.79 Å². The molecule has 5 nitrogen and oxygen atoms in total. The van der Waals surface area contributed by atoms with Crippen LogP contribution in [-0.2, 0) is 4.79 Å². The molecule has 0 atom stereocenters. The minimum absolute atomic E-state index is 0.313. The number of carboxylic acids is 1. The lowest BCUT2D eigenvalue weighted by Gasteiger charge is -2.04. The van der Waals surface area contributed by atoms with Gasteiger partial charge in [0, 0.05) is 6.07 Å². The zero-order chi connectivity index (χ0) is 9.97. The number of carbonyl (C=O) groups is 1. The molecule has 0 amide bonds. The maximum atomic E-state index is 10.3. The zero-order valence-corrected chi connectivity index (χ0v) is 7.41. The van der Waals surface area contributed by atoms with Crippen LogP contribution in [-0.4, -0.2) is 24.4 Å². The fourth-order valence-corrected chi connectivity index (χ4v) is 1.29. The number of hydrogen-bond donors (Lipinski definition) is 3. The SMILES string of the molecule is O=C(O)COc1ccc2c(c1)NCN2. The summed E-state index contributed by atoms with van der Waals surface area (Å²) in [6.07, 6.45) is 0. The molecule has 0 unspecified atom stereocenters. The number of rotatable bonds is 3. The lowest BCUT2D eigenvalue weighted by atomic mass is 10.2. The molecule has 0 radical (unpaired) electrons. The molecule has 3 N–H and O–H groups in total. The third kappa shape index (κ3) is 1.71. The van der Waals surface area contributed by atoms with E-state index in [2.05, 4.69) is 10.6 Å². The van der Waals surface area contributed by atoms with Crippen LogP contribution in [0.4, 0.5) is 11.4 Å². The Labute approximate surface area is 80.7 Å². The molecular weight excluding hydrogens is 184 g/mol. The number of hydrogen-bond acceptors (Lipinski definition) is 4. The molecular formula is C9H10N2O3. The Morgan fingerprint density at radius 3 is 3.00 bits per heavy atom. The largest absolute Gasteiger partial charge is 0.482 e. The van der Waals surface area contributed by atoms with Crippen LogP contribution in [0.1, 0.15) is 0 Å². The van der Waals surface area contributed by atoms with Crippen molar-refractivity contribution in [2.24, 2.45) is 0 Å². The molecule has 1 aromatic carbocycles. The monoisotopic (exact) mass is 194 g/mol. The highest BCUT2D eigenvalue weighted by atomic mass is 16.5. The maximum absolute atomic E-state index is 10.3. The van der Waals surface area contributed by atoms with Crippen molar-refractivity contribution in [3.05, 3.63) is 18.2 Å². The Hall–Kier alpha value is -1.91. The summed E-state index contributed by atoms with van der Waals surface area (Å²) in [7, 11) is 0. The molecule has 0 bridgehead atoms. The normalized spacial score (nSPS) is 12.6. The van der Waals surface area contributed by atoms with Gasteiger partial charge in [-0.3, -0.25) is 0 Å². The molecule has 74 valence electrons. The van der Waals surface area contributed by atoms with Gasteiger partial charge in [0.15, 0.2) is 6.61 Å². The fourth-order valence-electron chi connectivity index (χ4n) is 1.29. The molecule has 5 heteroatoms. The van der Waals surface area contributed by atoms with Crippen LogP contribution in [0.5, 0.6) is 5.75 Å². The summed E-state index contributed by atoms with van der Waals surface area (Å²) in [5.74, 6) is -0.418. The topological polar surface area (TPSA) is 70.6 Å². The van der Waals surface area contributed by atoms with Crippen molar-refractivity contribution in [2.45, 2.75) is 0 Å². The van der Waals surface area contributed by atoms with E-state index in [0.717, 1.165) is 11.4 Å². The van der Waals surface area contributed by atoms with Gasteiger partial charge in [-0.05, 0) is 12.1 Å². The van der Waals surface area contributed by atoms with Gasteiger partial charge in [0.05, 0.1) is 18.0 Å². The van der Waals surface area contributed by atoms with Crippen molar-refractivity contribution < 1.29 is 14.6 Å². The van der Waals surface area contributed by atoms with Crippen molar-refractivity contribution in [2.75, 3.05) is 23.9 Å². The molecule has 1 aromatic rings. The Kier molecular flexibility index (Phi) is 2.14. The van der Waals surface area contributed by atoms with E-state index in [1.54, 1.807) is 12.1 Å². The first-order chi connectivity index (χ1) is 6.75. The quantitative estimate of drug-likeness (QED) is 0.668. The van der Waals surface area contributed by atoms with Gasteiger partial charge in [0.2, 0.25) is 0 Å². The van der Waals surface area contributed by atoms with E-state index in [-0.39, 0.29) is 6.61 Å². The highest BCUT2D eigenvalue weighted by Crippen LogP contribution is 2.29. The van der Waals surface area contributed by atoms with E-state index < -0.39 is 5.97 Å². The summed E-state index contributed by atoms with van der Waals surface area (Å²) in [5.41, 5.74) is 1.94. The lowest BCUT2D eigenvalue weighted by Crippen LogP contribution is -2.09. The summed E-state index contributed by atoms with van der Waals surface area (Å²) in [4.78, 5) is 10.3. The van der Waals surface area contributed by atoms with E-state index in [4.69, 9.17) is 9.84 Å². The Bertz CT molecular complexity index is 365. The molecule has 0 aromatic heterocycles. The Balaban J connectivity index is 2.09. The first-order valence-corrected chi connectivity index (χ1v) is 4.22. The van der Waals surface area contributed by atoms with Crippen molar-refractivity contribution >= 4 is 17.3 Å². The molecule has 0 fully saturated rings. The molecule has 1 aliphatic rings. The van der Waals surface area contributed by atoms with Crippen molar-refractivity contribution in [1.29, 1.82) is 0 Å². The standard InChI is InChI=1S/C9H10N2O3/c12-9(13)4-14-6-1-2-7-8(3-6)11-5-10-7/h1-3,10-11H,4-5H2,(H,12,13). The van der Waals surface area contributed by atoms with E-state index in [1.807, 2.05) is 6.07 Å². The van der Waals surface area contributed by atoms with Gasteiger partial charge in [-0.15, -0.1) is 0 Å². The fraction of sp³-hybridized carbons (Fsp3) is 0.222. The summed E-state index contributed by atoms with van der Waals surface area (Å²) in [5, 5.41) is 14.6.